The maximum atomic E-state index is 13.5. The zero-order valence-corrected chi connectivity index (χ0v) is 18.3. The van der Waals surface area contributed by atoms with Gasteiger partial charge in [0.1, 0.15) is 18.2 Å². The molecule has 0 amide bonds. The third-order valence-corrected chi connectivity index (χ3v) is 4.02. The summed E-state index contributed by atoms with van der Waals surface area (Å²) in [4.78, 5) is 4.13. The molecule has 156 valence electrons. The highest BCUT2D eigenvalue weighted by Crippen LogP contribution is 2.17. The predicted molar refractivity (Wildman–Crippen MR) is 118 cm³/mol. The highest BCUT2D eigenvalue weighted by molar-refractivity contribution is 14.0. The van der Waals surface area contributed by atoms with Crippen molar-refractivity contribution in [1.82, 2.24) is 25.2 Å². The summed E-state index contributed by atoms with van der Waals surface area (Å²) in [5, 5.41) is 14.6. The first kappa shape index (κ1) is 22.8. The van der Waals surface area contributed by atoms with Crippen LogP contribution in [0.2, 0.25) is 0 Å². The van der Waals surface area contributed by atoms with Crippen molar-refractivity contribution in [3.05, 3.63) is 60.1 Å². The fourth-order valence-electron chi connectivity index (χ4n) is 2.66. The van der Waals surface area contributed by atoms with Crippen LogP contribution in [0.3, 0.4) is 0 Å². The van der Waals surface area contributed by atoms with Crippen molar-refractivity contribution in [2.24, 2.45) is 4.99 Å². The molecule has 29 heavy (non-hydrogen) atoms. The zero-order valence-electron chi connectivity index (χ0n) is 15.9. The van der Waals surface area contributed by atoms with E-state index in [1.807, 2.05) is 28.8 Å². The van der Waals surface area contributed by atoms with Crippen LogP contribution in [0.25, 0.3) is 5.65 Å². The van der Waals surface area contributed by atoms with Crippen molar-refractivity contribution < 1.29 is 13.5 Å². The summed E-state index contributed by atoms with van der Waals surface area (Å²) >= 11 is 0. The molecule has 3 rings (SSSR count). The molecule has 2 aromatic heterocycles. The first-order valence-electron chi connectivity index (χ1n) is 8.98. The minimum atomic E-state index is -0.719. The lowest BCUT2D eigenvalue weighted by Crippen LogP contribution is -2.39. The van der Waals surface area contributed by atoms with Crippen LogP contribution in [-0.2, 0) is 6.42 Å². The minimum absolute atomic E-state index is 0. The van der Waals surface area contributed by atoms with E-state index in [0.717, 1.165) is 36.4 Å². The van der Waals surface area contributed by atoms with Crippen LogP contribution < -0.4 is 15.4 Å². The average molecular weight is 516 g/mol. The van der Waals surface area contributed by atoms with Crippen LogP contribution in [0.5, 0.6) is 5.75 Å². The number of benzene rings is 1. The SMILES string of the molecule is CN=C(NCCCc1nnc2ccccn12)NCCOc1ccc(F)cc1F.I. The van der Waals surface area contributed by atoms with Gasteiger partial charge in [0, 0.05) is 32.3 Å². The third-order valence-electron chi connectivity index (χ3n) is 4.02. The minimum Gasteiger partial charge on any atom is -0.489 e. The zero-order chi connectivity index (χ0) is 19.8. The molecule has 2 N–H and O–H groups in total. The number of aryl methyl sites for hydroxylation is 1. The van der Waals surface area contributed by atoms with Gasteiger partial charge < -0.3 is 15.4 Å². The van der Waals surface area contributed by atoms with E-state index in [1.165, 1.54) is 6.07 Å². The lowest BCUT2D eigenvalue weighted by molar-refractivity contribution is 0.304. The summed E-state index contributed by atoms with van der Waals surface area (Å²) in [6.07, 6.45) is 3.58. The normalized spacial score (nSPS) is 11.2. The Hall–Kier alpha value is -2.50. The molecule has 0 saturated carbocycles. The Morgan fingerprint density at radius 3 is 2.76 bits per heavy atom. The summed E-state index contributed by atoms with van der Waals surface area (Å²) in [7, 11) is 1.67. The number of nitrogens with one attached hydrogen (secondary N) is 2. The number of ether oxygens (including phenoxy) is 1. The van der Waals surface area contributed by atoms with Gasteiger partial charge in [-0.15, -0.1) is 34.2 Å². The molecule has 0 atom stereocenters. The topological polar surface area (TPSA) is 75.8 Å². The van der Waals surface area contributed by atoms with Crippen molar-refractivity contribution in [3.63, 3.8) is 0 Å². The third kappa shape index (κ3) is 6.51. The van der Waals surface area contributed by atoms with E-state index in [1.54, 1.807) is 7.05 Å². The van der Waals surface area contributed by atoms with Gasteiger partial charge in [0.2, 0.25) is 0 Å². The molecule has 0 fully saturated rings. The Morgan fingerprint density at radius 1 is 1.14 bits per heavy atom. The summed E-state index contributed by atoms with van der Waals surface area (Å²) in [5.41, 5.74) is 0.834. The first-order chi connectivity index (χ1) is 13.7. The van der Waals surface area contributed by atoms with Crippen LogP contribution in [0, 0.1) is 11.6 Å². The van der Waals surface area contributed by atoms with Gasteiger partial charge in [0.05, 0.1) is 6.54 Å². The van der Waals surface area contributed by atoms with E-state index in [4.69, 9.17) is 4.74 Å². The number of aromatic nitrogens is 3. The molecular weight excluding hydrogens is 493 g/mol. The molecule has 7 nitrogen and oxygen atoms in total. The molecule has 0 aliphatic heterocycles. The first-order valence-corrected chi connectivity index (χ1v) is 8.98. The number of hydrogen-bond acceptors (Lipinski definition) is 4. The van der Waals surface area contributed by atoms with Crippen molar-refractivity contribution in [2.45, 2.75) is 12.8 Å². The molecule has 0 saturated heterocycles. The lowest BCUT2D eigenvalue weighted by Gasteiger charge is -2.12. The van der Waals surface area contributed by atoms with Crippen LogP contribution >= 0.6 is 24.0 Å². The molecule has 0 spiro atoms. The number of guanidine groups is 1. The number of aliphatic imine (C=N–C) groups is 1. The number of fused-ring (bicyclic) bond motifs is 1. The van der Waals surface area contributed by atoms with Crippen molar-refractivity contribution in [1.29, 1.82) is 0 Å². The van der Waals surface area contributed by atoms with E-state index in [-0.39, 0.29) is 36.3 Å². The van der Waals surface area contributed by atoms with E-state index in [9.17, 15) is 8.78 Å². The summed E-state index contributed by atoms with van der Waals surface area (Å²) in [6.45, 7) is 1.34. The second kappa shape index (κ2) is 11.5. The van der Waals surface area contributed by atoms with Gasteiger partial charge in [-0.3, -0.25) is 9.39 Å². The summed E-state index contributed by atoms with van der Waals surface area (Å²) in [5.74, 6) is 0.200. The Kier molecular flexibility index (Phi) is 9.03. The predicted octanol–water partition coefficient (Wildman–Crippen LogP) is 2.80. The number of pyridine rings is 1. The fourth-order valence-corrected chi connectivity index (χ4v) is 2.66. The second-order valence-corrected chi connectivity index (χ2v) is 6.00. The maximum absolute atomic E-state index is 13.5. The van der Waals surface area contributed by atoms with Crippen LogP contribution in [-0.4, -0.2) is 47.3 Å². The summed E-state index contributed by atoms with van der Waals surface area (Å²) < 4.78 is 33.6. The molecule has 1 aromatic carbocycles. The molecule has 0 bridgehead atoms. The fraction of sp³-hybridized carbons (Fsp3) is 0.316. The lowest BCUT2D eigenvalue weighted by atomic mass is 10.3. The van der Waals surface area contributed by atoms with Crippen LogP contribution in [0.4, 0.5) is 8.78 Å². The largest absolute Gasteiger partial charge is 0.489 e. The number of halogens is 3. The summed E-state index contributed by atoms with van der Waals surface area (Å²) in [6, 6.07) is 9.02. The van der Waals surface area contributed by atoms with E-state index in [2.05, 4.69) is 25.8 Å². The van der Waals surface area contributed by atoms with E-state index < -0.39 is 11.6 Å². The molecular formula is C19H23F2IN6O. The van der Waals surface area contributed by atoms with Crippen LogP contribution in [0.1, 0.15) is 12.2 Å². The highest BCUT2D eigenvalue weighted by Gasteiger charge is 2.06. The molecule has 0 aliphatic carbocycles. The molecule has 10 heteroatoms. The average Bonchev–Trinajstić information content (AvgIpc) is 3.11. The molecule has 0 aliphatic rings. The Morgan fingerprint density at radius 2 is 1.97 bits per heavy atom. The maximum Gasteiger partial charge on any atom is 0.191 e. The number of nitrogens with zero attached hydrogens (tertiary/aromatic N) is 4. The molecule has 0 radical (unpaired) electrons. The number of rotatable bonds is 8. The van der Waals surface area contributed by atoms with Crippen molar-refractivity contribution in [2.75, 3.05) is 26.7 Å². The number of hydrogen-bond donors (Lipinski definition) is 2. The Bertz CT molecular complexity index is 949. The van der Waals surface area contributed by atoms with Crippen molar-refractivity contribution >= 4 is 35.6 Å². The Labute approximate surface area is 184 Å². The van der Waals surface area contributed by atoms with Gasteiger partial charge in [-0.2, -0.15) is 0 Å². The molecule has 0 unspecified atom stereocenters. The van der Waals surface area contributed by atoms with Gasteiger partial charge in [0.15, 0.2) is 23.2 Å². The van der Waals surface area contributed by atoms with Gasteiger partial charge in [-0.1, -0.05) is 6.07 Å². The standard InChI is InChI=1S/C19H22F2N6O.HI/c1-22-19(24-10-12-28-16-8-7-14(20)13-15(16)21)23-9-4-6-18-26-25-17-5-2-3-11-27(17)18;/h2-3,5,7-8,11,13H,4,6,9-10,12H2,1H3,(H2,22,23,24);1H. The molecule has 2 heterocycles. The smallest absolute Gasteiger partial charge is 0.191 e. The van der Waals surface area contributed by atoms with Gasteiger partial charge in [-0.25, -0.2) is 8.78 Å². The monoisotopic (exact) mass is 516 g/mol. The van der Waals surface area contributed by atoms with E-state index >= 15 is 0 Å². The Balaban J connectivity index is 0.00000300. The van der Waals surface area contributed by atoms with Gasteiger partial charge in [0.25, 0.3) is 0 Å². The molecule has 3 aromatic rings. The van der Waals surface area contributed by atoms with Gasteiger partial charge in [-0.05, 0) is 30.7 Å². The van der Waals surface area contributed by atoms with Crippen LogP contribution in [0.15, 0.2) is 47.6 Å². The highest BCUT2D eigenvalue weighted by atomic mass is 127. The van der Waals surface area contributed by atoms with E-state index in [0.29, 0.717) is 19.0 Å². The van der Waals surface area contributed by atoms with Crippen molar-refractivity contribution in [3.8, 4) is 5.75 Å². The van der Waals surface area contributed by atoms with Gasteiger partial charge >= 0.3 is 0 Å². The quantitative estimate of drug-likeness (QED) is 0.209. The second-order valence-electron chi connectivity index (χ2n) is 6.00.